The maximum atomic E-state index is 12.4. The van der Waals surface area contributed by atoms with Crippen LogP contribution in [0.15, 0.2) is 42.5 Å². The third-order valence-corrected chi connectivity index (χ3v) is 4.51. The smallest absolute Gasteiger partial charge is 0.224 e. The van der Waals surface area contributed by atoms with Gasteiger partial charge in [-0.2, -0.15) is 0 Å². The van der Waals surface area contributed by atoms with Crippen molar-refractivity contribution in [3.05, 3.63) is 59.2 Å². The van der Waals surface area contributed by atoms with Crippen molar-refractivity contribution in [2.24, 2.45) is 0 Å². The number of carbonyl (C=O) groups is 2. The lowest BCUT2D eigenvalue weighted by molar-refractivity contribution is -0.116. The van der Waals surface area contributed by atoms with E-state index in [1.54, 1.807) is 12.1 Å². The number of benzene rings is 2. The van der Waals surface area contributed by atoms with Crippen LogP contribution in [0.5, 0.6) is 5.75 Å². The van der Waals surface area contributed by atoms with Crippen LogP contribution in [0, 0.1) is 0 Å². The Bertz CT molecular complexity index is 794. The number of carbonyl (C=O) groups excluding carboxylic acids is 2. The van der Waals surface area contributed by atoms with Crippen LogP contribution in [0.1, 0.15) is 54.6 Å². The Morgan fingerprint density at radius 2 is 1.73 bits per heavy atom. The average molecular weight is 351 g/mol. The van der Waals surface area contributed by atoms with Gasteiger partial charge < -0.3 is 10.1 Å². The summed E-state index contributed by atoms with van der Waals surface area (Å²) >= 11 is 0. The standard InChI is InChI=1S/C22H25NO3/c1-15(2)26-20-10-8-19(9-11-20)23-22(25)13-12-21(24)18-7-6-16-4-3-5-17(16)14-18/h6-11,14-15H,3-5,12-13H2,1-2H3,(H,23,25). The molecule has 1 amide bonds. The van der Waals surface area contributed by atoms with Crippen LogP contribution in [0.2, 0.25) is 0 Å². The van der Waals surface area contributed by atoms with E-state index >= 15 is 0 Å². The molecule has 0 fully saturated rings. The fourth-order valence-electron chi connectivity index (χ4n) is 3.23. The van der Waals surface area contributed by atoms with Crippen molar-refractivity contribution in [1.29, 1.82) is 0 Å². The number of anilines is 1. The topological polar surface area (TPSA) is 55.4 Å². The molecule has 0 unspecified atom stereocenters. The summed E-state index contributed by atoms with van der Waals surface area (Å²) in [6.07, 6.45) is 3.83. The van der Waals surface area contributed by atoms with Gasteiger partial charge in [0.2, 0.25) is 5.91 Å². The third kappa shape index (κ3) is 4.72. The van der Waals surface area contributed by atoms with Crippen LogP contribution >= 0.6 is 0 Å². The molecule has 26 heavy (non-hydrogen) atoms. The number of rotatable bonds is 7. The van der Waals surface area contributed by atoms with Crippen LogP contribution < -0.4 is 10.1 Å². The van der Waals surface area contributed by atoms with Crippen molar-refractivity contribution in [2.75, 3.05) is 5.32 Å². The number of aryl methyl sites for hydroxylation is 2. The average Bonchev–Trinajstić information content (AvgIpc) is 3.08. The summed E-state index contributed by atoms with van der Waals surface area (Å²) < 4.78 is 5.58. The lowest BCUT2D eigenvalue weighted by Gasteiger charge is -2.10. The van der Waals surface area contributed by atoms with Crippen molar-refractivity contribution >= 4 is 17.4 Å². The number of ketones is 1. The van der Waals surface area contributed by atoms with Gasteiger partial charge in [-0.1, -0.05) is 12.1 Å². The first-order valence-electron chi connectivity index (χ1n) is 9.23. The zero-order valence-electron chi connectivity index (χ0n) is 15.4. The molecule has 136 valence electrons. The fourth-order valence-corrected chi connectivity index (χ4v) is 3.23. The van der Waals surface area contributed by atoms with Gasteiger partial charge in [-0.15, -0.1) is 0 Å². The van der Waals surface area contributed by atoms with Crippen LogP contribution in [0.4, 0.5) is 5.69 Å². The summed E-state index contributed by atoms with van der Waals surface area (Å²) in [6.45, 7) is 3.93. The molecule has 0 saturated carbocycles. The Morgan fingerprint density at radius 1 is 1.00 bits per heavy atom. The molecule has 0 bridgehead atoms. The quantitative estimate of drug-likeness (QED) is 0.744. The summed E-state index contributed by atoms with van der Waals surface area (Å²) in [6, 6.07) is 13.2. The number of amides is 1. The molecule has 0 heterocycles. The molecule has 0 atom stereocenters. The Balaban J connectivity index is 1.50. The highest BCUT2D eigenvalue weighted by Crippen LogP contribution is 2.23. The Hall–Kier alpha value is -2.62. The van der Waals surface area contributed by atoms with Crippen molar-refractivity contribution < 1.29 is 14.3 Å². The van der Waals surface area contributed by atoms with E-state index in [0.717, 1.165) is 25.0 Å². The second-order valence-electron chi connectivity index (χ2n) is 7.00. The minimum absolute atomic E-state index is 0.0236. The first-order chi connectivity index (χ1) is 12.5. The molecule has 4 heteroatoms. The van der Waals surface area contributed by atoms with E-state index in [0.29, 0.717) is 11.3 Å². The zero-order chi connectivity index (χ0) is 18.5. The number of hydrogen-bond acceptors (Lipinski definition) is 3. The molecule has 2 aromatic carbocycles. The van der Waals surface area contributed by atoms with Crippen LogP contribution in [0.3, 0.4) is 0 Å². The van der Waals surface area contributed by atoms with E-state index in [1.165, 1.54) is 11.1 Å². The lowest BCUT2D eigenvalue weighted by Crippen LogP contribution is -2.13. The highest BCUT2D eigenvalue weighted by Gasteiger charge is 2.15. The molecule has 1 aliphatic carbocycles. The van der Waals surface area contributed by atoms with Gasteiger partial charge in [-0.25, -0.2) is 0 Å². The summed E-state index contributed by atoms with van der Waals surface area (Å²) in [5.41, 5.74) is 4.05. The molecule has 4 nitrogen and oxygen atoms in total. The van der Waals surface area contributed by atoms with Gasteiger partial charge >= 0.3 is 0 Å². The maximum Gasteiger partial charge on any atom is 0.224 e. The number of hydrogen-bond donors (Lipinski definition) is 1. The first-order valence-corrected chi connectivity index (χ1v) is 9.23. The molecule has 0 saturated heterocycles. The number of ether oxygens (including phenoxy) is 1. The van der Waals surface area contributed by atoms with E-state index in [4.69, 9.17) is 4.74 Å². The van der Waals surface area contributed by atoms with E-state index in [9.17, 15) is 9.59 Å². The summed E-state index contributed by atoms with van der Waals surface area (Å²) in [5, 5.41) is 2.82. The fraction of sp³-hybridized carbons (Fsp3) is 0.364. The number of Topliss-reactive ketones (excluding diaryl/α,β-unsaturated/α-hetero) is 1. The second-order valence-corrected chi connectivity index (χ2v) is 7.00. The Kier molecular flexibility index (Phi) is 5.71. The first kappa shape index (κ1) is 18.2. The molecular weight excluding hydrogens is 326 g/mol. The third-order valence-electron chi connectivity index (χ3n) is 4.51. The van der Waals surface area contributed by atoms with Gasteiger partial charge in [0.25, 0.3) is 0 Å². The van der Waals surface area contributed by atoms with Crippen LogP contribution in [0.25, 0.3) is 0 Å². The molecule has 0 radical (unpaired) electrons. The number of nitrogens with one attached hydrogen (secondary N) is 1. The van der Waals surface area contributed by atoms with Gasteiger partial charge in [0.05, 0.1) is 6.10 Å². The number of fused-ring (bicyclic) bond motifs is 1. The minimum Gasteiger partial charge on any atom is -0.491 e. The predicted octanol–water partition coefficient (Wildman–Crippen LogP) is 4.56. The van der Waals surface area contributed by atoms with E-state index in [-0.39, 0.29) is 30.6 Å². The molecule has 3 rings (SSSR count). The minimum atomic E-state index is -0.156. The van der Waals surface area contributed by atoms with Crippen molar-refractivity contribution in [2.45, 2.75) is 52.1 Å². The molecule has 1 N–H and O–H groups in total. The Labute approximate surface area is 154 Å². The van der Waals surface area contributed by atoms with Gasteiger partial charge in [-0.05, 0) is 74.6 Å². The maximum absolute atomic E-state index is 12.4. The molecule has 2 aromatic rings. The van der Waals surface area contributed by atoms with Crippen molar-refractivity contribution in [3.63, 3.8) is 0 Å². The van der Waals surface area contributed by atoms with Gasteiger partial charge in [0, 0.05) is 24.1 Å². The van der Waals surface area contributed by atoms with Gasteiger partial charge in [0.1, 0.15) is 5.75 Å². The lowest BCUT2D eigenvalue weighted by atomic mass is 10.0. The van der Waals surface area contributed by atoms with Gasteiger partial charge in [-0.3, -0.25) is 9.59 Å². The molecule has 1 aliphatic rings. The van der Waals surface area contributed by atoms with E-state index < -0.39 is 0 Å². The van der Waals surface area contributed by atoms with Crippen LogP contribution in [-0.4, -0.2) is 17.8 Å². The molecule has 0 spiro atoms. The summed E-state index contributed by atoms with van der Waals surface area (Å²) in [5.74, 6) is 0.636. The second kappa shape index (κ2) is 8.17. The monoisotopic (exact) mass is 351 g/mol. The van der Waals surface area contributed by atoms with Crippen LogP contribution in [-0.2, 0) is 17.6 Å². The highest BCUT2D eigenvalue weighted by atomic mass is 16.5. The van der Waals surface area contributed by atoms with E-state index in [2.05, 4.69) is 11.4 Å². The summed E-state index contributed by atoms with van der Waals surface area (Å²) in [7, 11) is 0. The normalized spacial score (nSPS) is 12.7. The highest BCUT2D eigenvalue weighted by molar-refractivity contribution is 6.00. The molecule has 0 aromatic heterocycles. The largest absolute Gasteiger partial charge is 0.491 e. The Morgan fingerprint density at radius 3 is 2.46 bits per heavy atom. The van der Waals surface area contributed by atoms with Crippen molar-refractivity contribution in [3.8, 4) is 5.75 Å². The SMILES string of the molecule is CC(C)Oc1ccc(NC(=O)CCC(=O)c2ccc3c(c2)CCC3)cc1. The zero-order valence-corrected chi connectivity index (χ0v) is 15.4. The molecule has 0 aliphatic heterocycles. The van der Waals surface area contributed by atoms with Crippen molar-refractivity contribution in [1.82, 2.24) is 0 Å². The predicted molar refractivity (Wildman–Crippen MR) is 103 cm³/mol. The molecular formula is C22H25NO3. The summed E-state index contributed by atoms with van der Waals surface area (Å²) in [4.78, 5) is 24.5. The van der Waals surface area contributed by atoms with E-state index in [1.807, 2.05) is 38.1 Å². The van der Waals surface area contributed by atoms with Gasteiger partial charge in [0.15, 0.2) is 5.78 Å².